The third kappa shape index (κ3) is 4.23. The van der Waals surface area contributed by atoms with E-state index in [0.717, 1.165) is 10.8 Å². The van der Waals surface area contributed by atoms with Crippen LogP contribution >= 0.6 is 22.9 Å². The van der Waals surface area contributed by atoms with Gasteiger partial charge in [0, 0.05) is 18.4 Å². The van der Waals surface area contributed by atoms with Gasteiger partial charge in [-0.15, -0.1) is 11.3 Å². The second-order valence-corrected chi connectivity index (χ2v) is 7.01. The number of nitrogens with one attached hydrogen (secondary N) is 1. The van der Waals surface area contributed by atoms with Crippen molar-refractivity contribution in [1.82, 2.24) is 5.43 Å². The van der Waals surface area contributed by atoms with E-state index >= 15 is 0 Å². The van der Waals surface area contributed by atoms with Gasteiger partial charge in [-0.1, -0.05) is 32.4 Å². The second kappa shape index (κ2) is 6.16. The van der Waals surface area contributed by atoms with Crippen LogP contribution in [0.15, 0.2) is 12.1 Å². The number of hydrogen-bond donors (Lipinski definition) is 2. The van der Waals surface area contributed by atoms with Gasteiger partial charge in [0.25, 0.3) is 0 Å². The maximum absolute atomic E-state index is 5.93. The average molecular weight is 277 g/mol. The average Bonchev–Trinajstić information content (AvgIpc) is 2.61. The molecule has 3 nitrogen and oxygen atoms in total. The zero-order valence-electron chi connectivity index (χ0n) is 10.8. The van der Waals surface area contributed by atoms with Crippen LogP contribution in [-0.4, -0.2) is 19.3 Å². The smallest absolute Gasteiger partial charge is 0.0931 e. The molecule has 0 aliphatic rings. The molecule has 1 aromatic rings. The first-order chi connectivity index (χ1) is 7.88. The molecular formula is C12H21ClN2OS. The van der Waals surface area contributed by atoms with Gasteiger partial charge in [0.2, 0.25) is 0 Å². The predicted molar refractivity (Wildman–Crippen MR) is 74.4 cm³/mol. The highest BCUT2D eigenvalue weighted by atomic mass is 35.5. The van der Waals surface area contributed by atoms with Crippen LogP contribution in [-0.2, 0) is 11.2 Å². The zero-order chi connectivity index (χ0) is 13.1. The fourth-order valence-corrected chi connectivity index (χ4v) is 3.20. The van der Waals surface area contributed by atoms with Crippen molar-refractivity contribution in [3.05, 3.63) is 21.3 Å². The molecule has 0 aliphatic carbocycles. The Kier molecular flexibility index (Phi) is 5.41. The number of ether oxygens (including phenoxy) is 1. The molecule has 1 heterocycles. The Labute approximate surface area is 112 Å². The molecule has 17 heavy (non-hydrogen) atoms. The summed E-state index contributed by atoms with van der Waals surface area (Å²) in [6.07, 6.45) is 0.873. The molecule has 3 N–H and O–H groups in total. The van der Waals surface area contributed by atoms with Crippen molar-refractivity contribution in [2.75, 3.05) is 7.11 Å². The van der Waals surface area contributed by atoms with Gasteiger partial charge < -0.3 is 4.74 Å². The standard InChI is InChI=1S/C12H21ClN2OS/c1-12(2,3)11(16-4)9(15-14)7-8-5-6-10(13)17-8/h5-6,9,11,15H,7,14H2,1-4H3. The van der Waals surface area contributed by atoms with Gasteiger partial charge in [0.05, 0.1) is 16.5 Å². The van der Waals surface area contributed by atoms with Gasteiger partial charge in [0.1, 0.15) is 0 Å². The Bertz CT molecular complexity index is 349. The van der Waals surface area contributed by atoms with E-state index in [4.69, 9.17) is 22.2 Å². The maximum Gasteiger partial charge on any atom is 0.0931 e. The molecule has 0 aromatic carbocycles. The van der Waals surface area contributed by atoms with Gasteiger partial charge in [0.15, 0.2) is 0 Å². The lowest BCUT2D eigenvalue weighted by atomic mass is 9.83. The molecule has 2 atom stereocenters. The minimum atomic E-state index is 0.0346. The van der Waals surface area contributed by atoms with Crippen LogP contribution in [0.1, 0.15) is 25.6 Å². The highest BCUT2D eigenvalue weighted by Gasteiger charge is 2.32. The quantitative estimate of drug-likeness (QED) is 0.642. The largest absolute Gasteiger partial charge is 0.379 e. The molecule has 98 valence electrons. The predicted octanol–water partition coefficient (Wildman–Crippen LogP) is 2.84. The van der Waals surface area contributed by atoms with Gasteiger partial charge >= 0.3 is 0 Å². The Morgan fingerprint density at radius 1 is 1.47 bits per heavy atom. The summed E-state index contributed by atoms with van der Waals surface area (Å²) in [5.41, 5.74) is 2.89. The van der Waals surface area contributed by atoms with E-state index in [1.54, 1.807) is 18.4 Å². The first-order valence-corrected chi connectivity index (χ1v) is 6.81. The molecule has 0 radical (unpaired) electrons. The number of rotatable bonds is 5. The molecule has 0 saturated heterocycles. The minimum Gasteiger partial charge on any atom is -0.379 e. The van der Waals surface area contributed by atoms with Crippen molar-refractivity contribution in [1.29, 1.82) is 0 Å². The molecule has 0 fully saturated rings. The van der Waals surface area contributed by atoms with Crippen molar-refractivity contribution in [2.24, 2.45) is 11.3 Å². The molecule has 0 spiro atoms. The van der Waals surface area contributed by atoms with E-state index in [9.17, 15) is 0 Å². The van der Waals surface area contributed by atoms with Crippen LogP contribution < -0.4 is 11.3 Å². The number of methoxy groups -OCH3 is 1. The fraction of sp³-hybridized carbons (Fsp3) is 0.667. The summed E-state index contributed by atoms with van der Waals surface area (Å²) in [7, 11) is 1.72. The van der Waals surface area contributed by atoms with Gasteiger partial charge in [-0.3, -0.25) is 11.3 Å². The number of thiophene rings is 1. The molecule has 0 saturated carbocycles. The van der Waals surface area contributed by atoms with Crippen molar-refractivity contribution in [3.8, 4) is 0 Å². The van der Waals surface area contributed by atoms with Crippen molar-refractivity contribution >= 4 is 22.9 Å². The van der Waals surface area contributed by atoms with Gasteiger partial charge in [-0.2, -0.15) is 0 Å². The molecule has 1 aromatic heterocycles. The summed E-state index contributed by atoms with van der Waals surface area (Å²) in [6.45, 7) is 6.44. The first-order valence-electron chi connectivity index (χ1n) is 5.61. The van der Waals surface area contributed by atoms with Gasteiger partial charge in [-0.25, -0.2) is 0 Å². The van der Waals surface area contributed by atoms with Crippen molar-refractivity contribution in [2.45, 2.75) is 39.3 Å². The molecule has 2 unspecified atom stereocenters. The summed E-state index contributed by atoms with van der Waals surface area (Å²) in [5.74, 6) is 5.64. The normalized spacial score (nSPS) is 15.9. The summed E-state index contributed by atoms with van der Waals surface area (Å²) in [5, 5.41) is 0. The van der Waals surface area contributed by atoms with Crippen molar-refractivity contribution < 1.29 is 4.74 Å². The third-order valence-electron chi connectivity index (χ3n) is 2.74. The molecule has 0 bridgehead atoms. The first kappa shape index (κ1) is 14.9. The monoisotopic (exact) mass is 276 g/mol. The number of nitrogens with two attached hydrogens (primary N) is 1. The summed E-state index contributed by atoms with van der Waals surface area (Å²) >= 11 is 7.51. The van der Waals surface area contributed by atoms with Crippen LogP contribution in [0, 0.1) is 5.41 Å². The van der Waals surface area contributed by atoms with Crippen LogP contribution in [0.4, 0.5) is 0 Å². The number of halogens is 1. The van der Waals surface area contributed by atoms with E-state index in [1.807, 2.05) is 12.1 Å². The Morgan fingerprint density at radius 2 is 2.12 bits per heavy atom. The second-order valence-electron chi connectivity index (χ2n) is 5.21. The van der Waals surface area contributed by atoms with Crippen LogP contribution in [0.25, 0.3) is 0 Å². The summed E-state index contributed by atoms with van der Waals surface area (Å²) < 4.78 is 6.38. The minimum absolute atomic E-state index is 0.0346. The SMILES string of the molecule is COC(C(Cc1ccc(Cl)s1)NN)C(C)(C)C. The molecular weight excluding hydrogens is 256 g/mol. The van der Waals surface area contributed by atoms with Crippen LogP contribution in [0.2, 0.25) is 4.34 Å². The molecule has 0 aliphatic heterocycles. The fourth-order valence-electron chi connectivity index (χ4n) is 2.05. The van der Waals surface area contributed by atoms with E-state index in [2.05, 4.69) is 26.2 Å². The molecule has 5 heteroatoms. The third-order valence-corrected chi connectivity index (χ3v) is 3.99. The lowest BCUT2D eigenvalue weighted by Gasteiger charge is -2.35. The summed E-state index contributed by atoms with van der Waals surface area (Å²) in [6, 6.07) is 4.02. The summed E-state index contributed by atoms with van der Waals surface area (Å²) in [4.78, 5) is 1.21. The molecule has 0 amide bonds. The lowest BCUT2D eigenvalue weighted by Crippen LogP contribution is -2.51. The maximum atomic E-state index is 5.93. The zero-order valence-corrected chi connectivity index (χ0v) is 12.4. The number of hydrazine groups is 1. The highest BCUT2D eigenvalue weighted by molar-refractivity contribution is 7.16. The van der Waals surface area contributed by atoms with E-state index in [-0.39, 0.29) is 17.6 Å². The van der Waals surface area contributed by atoms with Gasteiger partial charge in [-0.05, 0) is 17.5 Å². The van der Waals surface area contributed by atoms with E-state index < -0.39 is 0 Å². The Balaban J connectivity index is 2.76. The Morgan fingerprint density at radius 3 is 2.47 bits per heavy atom. The topological polar surface area (TPSA) is 47.3 Å². The highest BCUT2D eigenvalue weighted by Crippen LogP contribution is 2.28. The van der Waals surface area contributed by atoms with E-state index in [0.29, 0.717) is 0 Å². The van der Waals surface area contributed by atoms with Crippen LogP contribution in [0.3, 0.4) is 0 Å². The lowest BCUT2D eigenvalue weighted by molar-refractivity contribution is -0.0108. The molecule has 1 rings (SSSR count). The van der Waals surface area contributed by atoms with Crippen LogP contribution in [0.5, 0.6) is 0 Å². The van der Waals surface area contributed by atoms with E-state index in [1.165, 1.54) is 4.88 Å². The number of hydrogen-bond acceptors (Lipinski definition) is 4. The van der Waals surface area contributed by atoms with Crippen molar-refractivity contribution in [3.63, 3.8) is 0 Å². The Hall–Kier alpha value is -0.130.